The van der Waals surface area contributed by atoms with Crippen molar-refractivity contribution < 1.29 is 28.2 Å². The van der Waals surface area contributed by atoms with Gasteiger partial charge in [-0.25, -0.2) is 14.1 Å². The van der Waals surface area contributed by atoms with Gasteiger partial charge in [-0.15, -0.1) is 0 Å². The van der Waals surface area contributed by atoms with Crippen LogP contribution in [0.25, 0.3) is 6.08 Å². The third-order valence-electron chi connectivity index (χ3n) is 6.07. The van der Waals surface area contributed by atoms with Crippen molar-refractivity contribution in [3.63, 3.8) is 0 Å². The molecule has 5 rings (SSSR count). The fourth-order valence-corrected chi connectivity index (χ4v) is 4.54. The van der Waals surface area contributed by atoms with E-state index in [1.807, 2.05) is 12.1 Å². The summed E-state index contributed by atoms with van der Waals surface area (Å²) in [5.74, 6) is -1.15. The lowest BCUT2D eigenvalue weighted by Crippen LogP contribution is -2.54. The maximum absolute atomic E-state index is 13.6. The van der Waals surface area contributed by atoms with Crippen LogP contribution in [-0.4, -0.2) is 17.8 Å². The van der Waals surface area contributed by atoms with Crippen molar-refractivity contribution in [2.75, 3.05) is 4.90 Å². The van der Waals surface area contributed by atoms with Gasteiger partial charge in [-0.3, -0.25) is 14.9 Å². The van der Waals surface area contributed by atoms with Crippen LogP contribution in [0, 0.1) is 5.82 Å². The zero-order valence-corrected chi connectivity index (χ0v) is 23.6. The van der Waals surface area contributed by atoms with Gasteiger partial charge in [0.15, 0.2) is 0 Å². The van der Waals surface area contributed by atoms with Crippen LogP contribution in [0.1, 0.15) is 16.7 Å². The minimum absolute atomic E-state index is 0.0623. The summed E-state index contributed by atoms with van der Waals surface area (Å²) in [6, 6.07) is 23.8. The number of rotatable bonds is 8. The predicted molar refractivity (Wildman–Crippen MR) is 156 cm³/mol. The van der Waals surface area contributed by atoms with Crippen LogP contribution >= 0.6 is 27.5 Å². The summed E-state index contributed by atoms with van der Waals surface area (Å²) in [6.07, 6.45) is 1.35. The highest BCUT2D eigenvalue weighted by atomic mass is 79.9. The number of hydrogen-bond acceptors (Lipinski definition) is 5. The van der Waals surface area contributed by atoms with E-state index in [0.29, 0.717) is 38.7 Å². The van der Waals surface area contributed by atoms with Gasteiger partial charge >= 0.3 is 6.03 Å². The summed E-state index contributed by atoms with van der Waals surface area (Å²) in [4.78, 5) is 39.7. The standard InChI is InChI=1S/C31H21BrClFN2O5/c32-22-6-13-28(41-18-20-2-1-3-24(34)14-20)21(15-22)16-27-29(37)35-31(39)36(30(27)38)25-9-11-26(12-10-25)40-17-19-4-7-23(33)8-5-19/h1-16H,17-18H2,(H,35,37,39)/b27-16+. The number of anilines is 1. The van der Waals surface area contributed by atoms with Crippen molar-refractivity contribution in [1.82, 2.24) is 5.32 Å². The van der Waals surface area contributed by atoms with Crippen molar-refractivity contribution >= 4 is 57.1 Å². The molecule has 1 heterocycles. The fraction of sp³-hybridized carbons (Fsp3) is 0.0645. The molecule has 1 N–H and O–H groups in total. The fourth-order valence-electron chi connectivity index (χ4n) is 4.04. The van der Waals surface area contributed by atoms with E-state index in [1.165, 1.54) is 18.2 Å². The number of nitrogens with one attached hydrogen (secondary N) is 1. The summed E-state index contributed by atoms with van der Waals surface area (Å²) < 4.78 is 25.9. The molecule has 1 aliphatic rings. The van der Waals surface area contributed by atoms with Crippen molar-refractivity contribution in [3.8, 4) is 11.5 Å². The molecule has 0 saturated carbocycles. The molecule has 1 saturated heterocycles. The Morgan fingerprint density at radius 1 is 0.854 bits per heavy atom. The number of urea groups is 1. The Bertz CT molecular complexity index is 1660. The van der Waals surface area contributed by atoms with Gasteiger partial charge in [0.05, 0.1) is 5.69 Å². The Morgan fingerprint density at radius 2 is 1.59 bits per heavy atom. The molecule has 0 unspecified atom stereocenters. The summed E-state index contributed by atoms with van der Waals surface area (Å²) >= 11 is 9.30. The number of imide groups is 2. The molecule has 0 aromatic heterocycles. The molecule has 206 valence electrons. The highest BCUT2D eigenvalue weighted by Crippen LogP contribution is 2.29. The topological polar surface area (TPSA) is 84.9 Å². The van der Waals surface area contributed by atoms with Crippen LogP contribution in [0.4, 0.5) is 14.9 Å². The average molecular weight is 636 g/mol. The van der Waals surface area contributed by atoms with Gasteiger partial charge in [0.25, 0.3) is 11.8 Å². The van der Waals surface area contributed by atoms with E-state index in [9.17, 15) is 18.8 Å². The number of hydrogen-bond donors (Lipinski definition) is 1. The summed E-state index contributed by atoms with van der Waals surface area (Å²) in [6.45, 7) is 0.365. The number of nitrogens with zero attached hydrogens (tertiary/aromatic N) is 1. The molecule has 4 amide bonds. The Kier molecular flexibility index (Phi) is 8.47. The molecule has 4 aromatic carbocycles. The third-order valence-corrected chi connectivity index (χ3v) is 6.82. The first-order chi connectivity index (χ1) is 19.8. The lowest BCUT2D eigenvalue weighted by Gasteiger charge is -2.26. The number of benzene rings is 4. The highest BCUT2D eigenvalue weighted by Gasteiger charge is 2.37. The molecule has 0 spiro atoms. The van der Waals surface area contributed by atoms with E-state index in [1.54, 1.807) is 66.7 Å². The third kappa shape index (κ3) is 6.82. The molecule has 0 aliphatic carbocycles. The lowest BCUT2D eigenvalue weighted by molar-refractivity contribution is -0.122. The van der Waals surface area contributed by atoms with E-state index < -0.39 is 17.8 Å². The molecular formula is C31H21BrClFN2O5. The van der Waals surface area contributed by atoms with Crippen molar-refractivity contribution in [3.05, 3.63) is 129 Å². The van der Waals surface area contributed by atoms with Crippen LogP contribution in [-0.2, 0) is 22.8 Å². The number of ether oxygens (including phenoxy) is 2. The molecule has 10 heteroatoms. The average Bonchev–Trinajstić information content (AvgIpc) is 2.95. The zero-order valence-electron chi connectivity index (χ0n) is 21.3. The van der Waals surface area contributed by atoms with E-state index in [-0.39, 0.29) is 23.7 Å². The van der Waals surface area contributed by atoms with E-state index in [0.717, 1.165) is 10.5 Å². The van der Waals surface area contributed by atoms with Crippen molar-refractivity contribution in [2.24, 2.45) is 0 Å². The van der Waals surface area contributed by atoms with E-state index >= 15 is 0 Å². The molecule has 1 fully saturated rings. The molecule has 0 radical (unpaired) electrons. The quantitative estimate of drug-likeness (QED) is 0.165. The van der Waals surface area contributed by atoms with Gasteiger partial charge in [0.1, 0.15) is 36.1 Å². The minimum atomic E-state index is -0.871. The maximum Gasteiger partial charge on any atom is 0.335 e. The second-order valence-electron chi connectivity index (χ2n) is 8.97. The van der Waals surface area contributed by atoms with Crippen LogP contribution < -0.4 is 19.7 Å². The van der Waals surface area contributed by atoms with Crippen LogP contribution in [0.15, 0.2) is 101 Å². The molecular weight excluding hydrogens is 615 g/mol. The maximum atomic E-state index is 13.6. The predicted octanol–water partition coefficient (Wildman–Crippen LogP) is 7.07. The Balaban J connectivity index is 1.35. The van der Waals surface area contributed by atoms with E-state index in [4.69, 9.17) is 21.1 Å². The summed E-state index contributed by atoms with van der Waals surface area (Å²) in [7, 11) is 0. The van der Waals surface area contributed by atoms with Crippen molar-refractivity contribution in [1.29, 1.82) is 0 Å². The smallest absolute Gasteiger partial charge is 0.335 e. The normalized spacial score (nSPS) is 14.3. The summed E-state index contributed by atoms with van der Waals surface area (Å²) in [5, 5.41) is 2.84. The minimum Gasteiger partial charge on any atom is -0.489 e. The number of carbonyl (C=O) groups is 3. The highest BCUT2D eigenvalue weighted by molar-refractivity contribution is 9.10. The van der Waals surface area contributed by atoms with Gasteiger partial charge < -0.3 is 9.47 Å². The number of halogens is 3. The molecule has 4 aromatic rings. The second kappa shape index (κ2) is 12.4. The lowest BCUT2D eigenvalue weighted by atomic mass is 10.1. The number of amides is 4. The van der Waals surface area contributed by atoms with Crippen LogP contribution in [0.5, 0.6) is 11.5 Å². The largest absolute Gasteiger partial charge is 0.489 e. The number of carbonyl (C=O) groups excluding carboxylic acids is 3. The van der Waals surface area contributed by atoms with Gasteiger partial charge in [-0.1, -0.05) is 51.8 Å². The molecule has 1 aliphatic heterocycles. The zero-order chi connectivity index (χ0) is 28.9. The van der Waals surface area contributed by atoms with Gasteiger partial charge in [-0.2, -0.15) is 0 Å². The van der Waals surface area contributed by atoms with Crippen molar-refractivity contribution in [2.45, 2.75) is 13.2 Å². The Labute approximate surface area is 248 Å². The Hall–Kier alpha value is -4.47. The van der Waals surface area contributed by atoms with Gasteiger partial charge in [-0.05, 0) is 83.9 Å². The van der Waals surface area contributed by atoms with Crippen LogP contribution in [0.3, 0.4) is 0 Å². The number of barbiturate groups is 1. The van der Waals surface area contributed by atoms with Crippen LogP contribution in [0.2, 0.25) is 5.02 Å². The summed E-state index contributed by atoms with van der Waals surface area (Å²) in [5.41, 5.74) is 1.93. The van der Waals surface area contributed by atoms with Gasteiger partial charge in [0.2, 0.25) is 0 Å². The molecule has 41 heavy (non-hydrogen) atoms. The first-order valence-corrected chi connectivity index (χ1v) is 13.5. The Morgan fingerprint density at radius 3 is 2.32 bits per heavy atom. The monoisotopic (exact) mass is 634 g/mol. The molecule has 0 bridgehead atoms. The second-order valence-corrected chi connectivity index (χ2v) is 10.3. The molecule has 0 atom stereocenters. The molecule has 7 nitrogen and oxygen atoms in total. The first-order valence-electron chi connectivity index (χ1n) is 12.3. The van der Waals surface area contributed by atoms with E-state index in [2.05, 4.69) is 21.2 Å². The van der Waals surface area contributed by atoms with Gasteiger partial charge in [0, 0.05) is 15.1 Å². The first kappa shape index (κ1) is 28.1. The SMILES string of the molecule is O=C1NC(=O)N(c2ccc(OCc3ccc(Cl)cc3)cc2)C(=O)/C1=C/c1cc(Br)ccc1OCc1cccc(F)c1.